The molecule has 0 aromatic heterocycles. The Morgan fingerprint density at radius 3 is 2.32 bits per heavy atom. The average Bonchev–Trinajstić information content (AvgIpc) is 2.68. The van der Waals surface area contributed by atoms with Crippen LogP contribution >= 0.6 is 23.2 Å². The molecule has 2 amide bonds. The highest BCUT2D eigenvalue weighted by molar-refractivity contribution is 6.42. The van der Waals surface area contributed by atoms with Gasteiger partial charge in [-0.15, -0.1) is 0 Å². The van der Waals surface area contributed by atoms with E-state index in [1.807, 2.05) is 50.2 Å². The van der Waals surface area contributed by atoms with Gasteiger partial charge in [-0.05, 0) is 36.6 Å². The topological polar surface area (TPSA) is 49.4 Å². The fourth-order valence-corrected chi connectivity index (χ4v) is 3.36. The van der Waals surface area contributed by atoms with Crippen molar-refractivity contribution < 1.29 is 9.59 Å². The fourth-order valence-electron chi connectivity index (χ4n) is 3.04. The highest BCUT2D eigenvalue weighted by atomic mass is 35.5. The van der Waals surface area contributed by atoms with Crippen molar-refractivity contribution in [2.24, 2.45) is 0 Å². The molecule has 0 unspecified atom stereocenters. The maximum atomic E-state index is 12.9. The van der Waals surface area contributed by atoms with Gasteiger partial charge in [0.05, 0.1) is 10.0 Å². The molecule has 0 saturated carbocycles. The first-order valence-electron chi connectivity index (χ1n) is 9.51. The highest BCUT2D eigenvalue weighted by Crippen LogP contribution is 2.24. The van der Waals surface area contributed by atoms with Crippen LogP contribution in [-0.2, 0) is 22.6 Å². The van der Waals surface area contributed by atoms with Gasteiger partial charge in [0, 0.05) is 25.9 Å². The van der Waals surface area contributed by atoms with Crippen LogP contribution < -0.4 is 5.32 Å². The SMILES string of the molecule is CCCC(=O)N(Cc1ccc(Cl)c(Cl)c1)[C@H](Cc1ccccc1)C(=O)NCC. The Labute approximate surface area is 176 Å². The summed E-state index contributed by atoms with van der Waals surface area (Å²) < 4.78 is 0. The van der Waals surface area contributed by atoms with Gasteiger partial charge in [0.1, 0.15) is 6.04 Å². The number of halogens is 2. The second-order valence-electron chi connectivity index (χ2n) is 6.62. The summed E-state index contributed by atoms with van der Waals surface area (Å²) in [6, 6.07) is 14.4. The van der Waals surface area contributed by atoms with Gasteiger partial charge in [0.25, 0.3) is 0 Å². The van der Waals surface area contributed by atoms with Gasteiger partial charge in [-0.2, -0.15) is 0 Å². The Kier molecular flexibility index (Phi) is 8.81. The third kappa shape index (κ3) is 6.25. The molecule has 1 N–H and O–H groups in total. The van der Waals surface area contributed by atoms with E-state index in [9.17, 15) is 9.59 Å². The largest absolute Gasteiger partial charge is 0.355 e. The van der Waals surface area contributed by atoms with E-state index in [1.165, 1.54) is 0 Å². The molecule has 28 heavy (non-hydrogen) atoms. The van der Waals surface area contributed by atoms with Crippen molar-refractivity contribution >= 4 is 35.0 Å². The van der Waals surface area contributed by atoms with Gasteiger partial charge in [0.15, 0.2) is 0 Å². The summed E-state index contributed by atoms with van der Waals surface area (Å²) in [5.41, 5.74) is 1.84. The van der Waals surface area contributed by atoms with E-state index in [4.69, 9.17) is 23.2 Å². The van der Waals surface area contributed by atoms with E-state index in [1.54, 1.807) is 17.0 Å². The summed E-state index contributed by atoms with van der Waals surface area (Å²) in [6.07, 6.45) is 1.54. The lowest BCUT2D eigenvalue weighted by molar-refractivity contribution is -0.141. The van der Waals surface area contributed by atoms with E-state index in [0.717, 1.165) is 11.1 Å². The van der Waals surface area contributed by atoms with Crippen molar-refractivity contribution in [3.8, 4) is 0 Å². The molecular weight excluding hydrogens is 395 g/mol. The molecule has 1 atom stereocenters. The number of nitrogens with one attached hydrogen (secondary N) is 1. The number of carbonyl (C=O) groups is 2. The lowest BCUT2D eigenvalue weighted by atomic mass is 10.0. The Hall–Kier alpha value is -2.04. The van der Waals surface area contributed by atoms with Crippen molar-refractivity contribution in [1.82, 2.24) is 10.2 Å². The molecule has 0 saturated heterocycles. The maximum absolute atomic E-state index is 12.9. The molecule has 0 aliphatic rings. The third-order valence-electron chi connectivity index (χ3n) is 4.42. The Morgan fingerprint density at radius 1 is 1.00 bits per heavy atom. The van der Waals surface area contributed by atoms with Crippen LogP contribution in [0.15, 0.2) is 48.5 Å². The van der Waals surface area contributed by atoms with Gasteiger partial charge in [-0.3, -0.25) is 9.59 Å². The first kappa shape index (κ1) is 22.3. The summed E-state index contributed by atoms with van der Waals surface area (Å²) in [5, 5.41) is 3.76. The molecule has 0 heterocycles. The molecule has 0 aliphatic carbocycles. The molecule has 4 nitrogen and oxygen atoms in total. The lowest BCUT2D eigenvalue weighted by Gasteiger charge is -2.31. The molecule has 0 bridgehead atoms. The van der Waals surface area contributed by atoms with E-state index in [-0.39, 0.29) is 11.8 Å². The fraction of sp³-hybridized carbons (Fsp3) is 0.364. The quantitative estimate of drug-likeness (QED) is 0.628. The second-order valence-corrected chi connectivity index (χ2v) is 7.43. The zero-order valence-corrected chi connectivity index (χ0v) is 17.8. The van der Waals surface area contributed by atoms with E-state index in [0.29, 0.717) is 42.4 Å². The molecule has 150 valence electrons. The first-order chi connectivity index (χ1) is 13.5. The number of nitrogens with zero attached hydrogens (tertiary/aromatic N) is 1. The van der Waals surface area contributed by atoms with Crippen molar-refractivity contribution in [1.29, 1.82) is 0 Å². The van der Waals surface area contributed by atoms with E-state index < -0.39 is 6.04 Å². The number of rotatable bonds is 9. The zero-order valence-electron chi connectivity index (χ0n) is 16.3. The predicted octanol–water partition coefficient (Wildman–Crippen LogP) is 4.87. The molecule has 2 aromatic carbocycles. The lowest BCUT2D eigenvalue weighted by Crippen LogP contribution is -2.50. The molecule has 6 heteroatoms. The molecule has 2 aromatic rings. The Morgan fingerprint density at radius 2 is 1.71 bits per heavy atom. The number of hydrogen-bond donors (Lipinski definition) is 1. The maximum Gasteiger partial charge on any atom is 0.243 e. The molecule has 0 spiro atoms. The average molecular weight is 421 g/mol. The predicted molar refractivity (Wildman–Crippen MR) is 115 cm³/mol. The normalized spacial score (nSPS) is 11.7. The molecular formula is C22H26Cl2N2O2. The summed E-state index contributed by atoms with van der Waals surface area (Å²) in [5.74, 6) is -0.211. The van der Waals surface area contributed by atoms with Crippen LogP contribution in [0.3, 0.4) is 0 Å². The van der Waals surface area contributed by atoms with Gasteiger partial charge < -0.3 is 10.2 Å². The minimum atomic E-state index is -0.601. The number of carbonyl (C=O) groups excluding carboxylic acids is 2. The van der Waals surface area contributed by atoms with Crippen LogP contribution in [-0.4, -0.2) is 29.3 Å². The van der Waals surface area contributed by atoms with Crippen molar-refractivity contribution in [2.45, 2.75) is 45.7 Å². The smallest absolute Gasteiger partial charge is 0.243 e. The van der Waals surface area contributed by atoms with Crippen LogP contribution in [0.5, 0.6) is 0 Å². The molecule has 0 fully saturated rings. The Bertz CT molecular complexity index is 796. The highest BCUT2D eigenvalue weighted by Gasteiger charge is 2.29. The molecule has 2 rings (SSSR count). The van der Waals surface area contributed by atoms with Gasteiger partial charge in [-0.25, -0.2) is 0 Å². The number of amides is 2. The van der Waals surface area contributed by atoms with Crippen LogP contribution in [0.2, 0.25) is 10.0 Å². The summed E-state index contributed by atoms with van der Waals surface area (Å²) in [7, 11) is 0. The van der Waals surface area contributed by atoms with Crippen molar-refractivity contribution in [3.05, 3.63) is 69.7 Å². The molecule has 0 radical (unpaired) electrons. The minimum absolute atomic E-state index is 0.0549. The number of hydrogen-bond acceptors (Lipinski definition) is 2. The van der Waals surface area contributed by atoms with E-state index in [2.05, 4.69) is 5.32 Å². The number of benzene rings is 2. The number of likely N-dealkylation sites (N-methyl/N-ethyl adjacent to an activating group) is 1. The molecule has 0 aliphatic heterocycles. The first-order valence-corrected chi connectivity index (χ1v) is 10.3. The van der Waals surface area contributed by atoms with Crippen LogP contribution in [0.25, 0.3) is 0 Å². The summed E-state index contributed by atoms with van der Waals surface area (Å²) in [4.78, 5) is 27.4. The monoisotopic (exact) mass is 420 g/mol. The van der Waals surface area contributed by atoms with Crippen molar-refractivity contribution in [2.75, 3.05) is 6.54 Å². The van der Waals surface area contributed by atoms with E-state index >= 15 is 0 Å². The third-order valence-corrected chi connectivity index (χ3v) is 5.16. The van der Waals surface area contributed by atoms with Gasteiger partial charge >= 0.3 is 0 Å². The Balaban J connectivity index is 2.37. The minimum Gasteiger partial charge on any atom is -0.355 e. The van der Waals surface area contributed by atoms with Gasteiger partial charge in [0.2, 0.25) is 11.8 Å². The summed E-state index contributed by atoms with van der Waals surface area (Å²) in [6.45, 7) is 4.62. The summed E-state index contributed by atoms with van der Waals surface area (Å²) >= 11 is 12.2. The van der Waals surface area contributed by atoms with Gasteiger partial charge in [-0.1, -0.05) is 66.5 Å². The second kappa shape index (κ2) is 11.1. The van der Waals surface area contributed by atoms with Crippen molar-refractivity contribution in [3.63, 3.8) is 0 Å². The van der Waals surface area contributed by atoms with Crippen LogP contribution in [0.1, 0.15) is 37.8 Å². The standard InChI is InChI=1S/C22H26Cl2N2O2/c1-3-8-21(27)26(15-17-11-12-18(23)19(24)13-17)20(22(28)25-4-2)14-16-9-6-5-7-10-16/h5-7,9-13,20H,3-4,8,14-15H2,1-2H3,(H,25,28)/t20-/m1/s1. The zero-order chi connectivity index (χ0) is 20.5. The van der Waals surface area contributed by atoms with Crippen LogP contribution in [0.4, 0.5) is 0 Å². The van der Waals surface area contributed by atoms with Crippen LogP contribution in [0, 0.1) is 0 Å².